The van der Waals surface area contributed by atoms with Crippen LogP contribution in [0.3, 0.4) is 0 Å². The van der Waals surface area contributed by atoms with Gasteiger partial charge in [-0.1, -0.05) is 61.8 Å². The normalized spacial score (nSPS) is 15.0. The molecular weight excluding hydrogens is 620 g/mol. The number of carbonyl (C=O) groups excluding carboxylic acids is 1. The Morgan fingerprint density at radius 3 is 2.19 bits per heavy atom. The van der Waals surface area contributed by atoms with Crippen molar-refractivity contribution in [3.63, 3.8) is 0 Å². The maximum atomic E-state index is 13.3. The molecule has 0 saturated heterocycles. The lowest BCUT2D eigenvalue weighted by Gasteiger charge is -2.30. The number of nitrogens with two attached hydrogens (primary N) is 1. The van der Waals surface area contributed by atoms with Crippen LogP contribution in [-0.2, 0) is 16.0 Å². The highest BCUT2D eigenvalue weighted by Gasteiger charge is 2.30. The molecule has 1 amide bonds. The van der Waals surface area contributed by atoms with Crippen molar-refractivity contribution in [1.29, 1.82) is 0 Å². The monoisotopic (exact) mass is 670 g/mol. The second-order valence-electron chi connectivity index (χ2n) is 11.7. The number of ether oxygens (including phenoxy) is 3. The van der Waals surface area contributed by atoms with Crippen LogP contribution in [0.25, 0.3) is 0 Å². The Labute approximate surface area is 267 Å². The van der Waals surface area contributed by atoms with E-state index >= 15 is 0 Å². The van der Waals surface area contributed by atoms with Crippen molar-refractivity contribution in [2.24, 2.45) is 29.4 Å². The van der Waals surface area contributed by atoms with Gasteiger partial charge in [-0.2, -0.15) is 0 Å². The van der Waals surface area contributed by atoms with E-state index in [-0.39, 0.29) is 42.1 Å². The van der Waals surface area contributed by atoms with Gasteiger partial charge in [-0.05, 0) is 79.3 Å². The number of methoxy groups -OCH3 is 2. The van der Waals surface area contributed by atoms with Crippen molar-refractivity contribution in [2.75, 3.05) is 27.4 Å². The van der Waals surface area contributed by atoms with Gasteiger partial charge in [-0.15, -0.1) is 12.4 Å². The van der Waals surface area contributed by atoms with Gasteiger partial charge in [-0.25, -0.2) is 0 Å². The minimum Gasteiger partial charge on any atom is -0.493 e. The molecule has 0 spiro atoms. The molecule has 0 aliphatic carbocycles. The number of aliphatic hydroxyl groups is 1. The number of amides is 1. The summed E-state index contributed by atoms with van der Waals surface area (Å²) in [6.45, 7) is 11.6. The Kier molecular flexibility index (Phi) is 17.7. The van der Waals surface area contributed by atoms with E-state index in [0.717, 1.165) is 34.2 Å². The zero-order valence-electron chi connectivity index (χ0n) is 26.3. The number of benzene rings is 2. The highest BCUT2D eigenvalue weighted by atomic mass is 79.9. The molecule has 0 fully saturated rings. The van der Waals surface area contributed by atoms with Crippen molar-refractivity contribution in [3.05, 3.63) is 58.1 Å². The highest BCUT2D eigenvalue weighted by Crippen LogP contribution is 2.32. The predicted molar refractivity (Wildman–Crippen MR) is 177 cm³/mol. The van der Waals surface area contributed by atoms with E-state index in [2.05, 4.69) is 41.2 Å². The Balaban J connectivity index is 0.00000882. The summed E-state index contributed by atoms with van der Waals surface area (Å²) in [4.78, 5) is 13.3. The summed E-state index contributed by atoms with van der Waals surface area (Å²) in [5, 5.41) is 14.3. The molecule has 0 aromatic heterocycles. The number of rotatable bonds is 18. The van der Waals surface area contributed by atoms with Gasteiger partial charge in [0.15, 0.2) is 11.5 Å². The molecular formula is C33H52BrClN2O5. The fourth-order valence-electron chi connectivity index (χ4n) is 5.02. The van der Waals surface area contributed by atoms with Crippen molar-refractivity contribution in [3.8, 4) is 11.5 Å². The summed E-state index contributed by atoms with van der Waals surface area (Å²) >= 11 is 3.45. The van der Waals surface area contributed by atoms with Crippen molar-refractivity contribution >= 4 is 34.2 Å². The number of carbonyl (C=O) groups is 1. The number of halogens is 2. The Hall–Kier alpha value is -1.84. The quantitative estimate of drug-likeness (QED) is 0.152. The third-order valence-electron chi connectivity index (χ3n) is 7.85. The lowest BCUT2D eigenvalue weighted by molar-refractivity contribution is -0.128. The van der Waals surface area contributed by atoms with E-state index in [0.29, 0.717) is 37.7 Å². The molecule has 0 bridgehead atoms. The number of nitrogens with one attached hydrogen (secondary N) is 1. The lowest BCUT2D eigenvalue weighted by Crippen LogP contribution is -2.43. The van der Waals surface area contributed by atoms with Gasteiger partial charge < -0.3 is 30.4 Å². The molecule has 0 unspecified atom stereocenters. The van der Waals surface area contributed by atoms with E-state index in [1.807, 2.05) is 57.2 Å². The molecule has 2 rings (SSSR count). The van der Waals surface area contributed by atoms with Gasteiger partial charge in [0, 0.05) is 36.6 Å². The summed E-state index contributed by atoms with van der Waals surface area (Å²) in [5.41, 5.74) is 8.76. The summed E-state index contributed by atoms with van der Waals surface area (Å²) in [5.74, 6) is 1.69. The first-order valence-electron chi connectivity index (χ1n) is 14.7. The smallest absolute Gasteiger partial charge is 0.223 e. The predicted octanol–water partition coefficient (Wildman–Crippen LogP) is 6.73. The van der Waals surface area contributed by atoms with E-state index in [4.69, 9.17) is 19.9 Å². The molecule has 0 aliphatic rings. The van der Waals surface area contributed by atoms with Crippen LogP contribution >= 0.6 is 28.3 Å². The molecule has 0 heterocycles. The topological polar surface area (TPSA) is 103 Å². The molecule has 5 atom stereocenters. The highest BCUT2D eigenvalue weighted by molar-refractivity contribution is 9.10. The van der Waals surface area contributed by atoms with E-state index in [1.165, 1.54) is 0 Å². The zero-order chi connectivity index (χ0) is 30.5. The van der Waals surface area contributed by atoms with Gasteiger partial charge in [0.2, 0.25) is 5.91 Å². The van der Waals surface area contributed by atoms with Gasteiger partial charge >= 0.3 is 0 Å². The average Bonchev–Trinajstić information content (AvgIpc) is 2.93. The van der Waals surface area contributed by atoms with Crippen LogP contribution in [0, 0.1) is 23.7 Å². The molecule has 2 aromatic carbocycles. The first-order valence-corrected chi connectivity index (χ1v) is 15.5. The molecule has 4 N–H and O–H groups in total. The SMILES string of the molecule is COCCCOc1cc(C[C@@H](C[C@H](N)[C@@H](O)C[C@H](C(=O)N[C@H](C)c2ccc(Br)cc2)C(C)C)C(C)C)ccc1OC.Cl. The second-order valence-corrected chi connectivity index (χ2v) is 12.6. The van der Waals surface area contributed by atoms with Crippen LogP contribution < -0.4 is 20.5 Å². The molecule has 238 valence electrons. The molecule has 9 heteroatoms. The Morgan fingerprint density at radius 1 is 0.952 bits per heavy atom. The third-order valence-corrected chi connectivity index (χ3v) is 8.38. The van der Waals surface area contributed by atoms with Crippen LogP contribution in [-0.4, -0.2) is 50.6 Å². The van der Waals surface area contributed by atoms with E-state index in [9.17, 15) is 9.90 Å². The summed E-state index contributed by atoms with van der Waals surface area (Å²) in [6, 6.07) is 13.4. The molecule has 0 radical (unpaired) electrons. The van der Waals surface area contributed by atoms with Crippen molar-refractivity contribution in [2.45, 2.75) is 78.5 Å². The van der Waals surface area contributed by atoms with Crippen molar-refractivity contribution in [1.82, 2.24) is 5.32 Å². The standard InChI is InChI=1S/C33H51BrN2O5.ClH/c1-21(2)26(17-24-9-14-31(40-7)32(18-24)41-16-8-15-39-6)19-29(35)30(37)20-28(22(3)4)33(38)36-23(5)25-10-12-27(34)13-11-25;/h9-14,18,21-23,26,28-30,37H,8,15-17,19-20,35H2,1-7H3,(H,36,38);1H/t23-,26+,28+,29+,30+;/m1./s1. The fourth-order valence-corrected chi connectivity index (χ4v) is 5.28. The van der Waals surface area contributed by atoms with Crippen LogP contribution in [0.15, 0.2) is 46.9 Å². The Morgan fingerprint density at radius 2 is 1.62 bits per heavy atom. The maximum Gasteiger partial charge on any atom is 0.223 e. The van der Waals surface area contributed by atoms with Crippen LogP contribution in [0.5, 0.6) is 11.5 Å². The molecule has 2 aromatic rings. The first-order chi connectivity index (χ1) is 19.5. The molecule has 42 heavy (non-hydrogen) atoms. The summed E-state index contributed by atoms with van der Waals surface area (Å²) < 4.78 is 17.6. The maximum absolute atomic E-state index is 13.3. The summed E-state index contributed by atoms with van der Waals surface area (Å²) in [7, 11) is 3.32. The Bertz CT molecular complexity index is 1050. The number of hydrogen-bond acceptors (Lipinski definition) is 6. The third kappa shape index (κ3) is 12.4. The van der Waals surface area contributed by atoms with Gasteiger partial charge in [0.05, 0.1) is 25.9 Å². The van der Waals surface area contributed by atoms with Crippen LogP contribution in [0.1, 0.15) is 71.0 Å². The van der Waals surface area contributed by atoms with Crippen LogP contribution in [0.2, 0.25) is 0 Å². The van der Waals surface area contributed by atoms with Crippen molar-refractivity contribution < 1.29 is 24.1 Å². The minimum absolute atomic E-state index is 0. The van der Waals surface area contributed by atoms with Gasteiger partial charge in [0.25, 0.3) is 0 Å². The second kappa shape index (κ2) is 19.4. The minimum atomic E-state index is -0.784. The van der Waals surface area contributed by atoms with E-state index in [1.54, 1.807) is 14.2 Å². The molecule has 0 saturated carbocycles. The fraction of sp³-hybridized carbons (Fsp3) is 0.606. The van der Waals surface area contributed by atoms with Gasteiger partial charge in [0.1, 0.15) is 0 Å². The number of aliphatic hydroxyl groups excluding tert-OH is 1. The molecule has 0 aliphatic heterocycles. The van der Waals surface area contributed by atoms with Gasteiger partial charge in [-0.3, -0.25) is 4.79 Å². The largest absolute Gasteiger partial charge is 0.493 e. The first kappa shape index (κ1) is 38.2. The molecule has 7 nitrogen and oxygen atoms in total. The van der Waals surface area contributed by atoms with E-state index < -0.39 is 12.1 Å². The number of hydrogen-bond donors (Lipinski definition) is 3. The lowest BCUT2D eigenvalue weighted by atomic mass is 9.80. The van der Waals surface area contributed by atoms with Crippen LogP contribution in [0.4, 0.5) is 0 Å². The summed E-state index contributed by atoms with van der Waals surface area (Å²) in [6.07, 6.45) is 1.79. The average molecular weight is 672 g/mol. The zero-order valence-corrected chi connectivity index (χ0v) is 28.7.